The first kappa shape index (κ1) is 15.5. The smallest absolute Gasteiger partial charge is 0.428 e. The van der Waals surface area contributed by atoms with Crippen molar-refractivity contribution in [3.05, 3.63) is 35.9 Å². The number of carbonyl (C=O) groups excluding carboxylic acids is 2. The third-order valence-electron chi connectivity index (χ3n) is 3.34. The summed E-state index contributed by atoms with van der Waals surface area (Å²) in [7, 11) is 0. The first-order valence-electron chi connectivity index (χ1n) is 7.09. The molecule has 114 valence electrons. The normalized spacial score (nSPS) is 21.9. The molecule has 1 N–H and O–H groups in total. The van der Waals surface area contributed by atoms with Crippen molar-refractivity contribution in [3.8, 4) is 0 Å². The fraction of sp³-hybridized carbons (Fsp3) is 0.500. The largest absolute Gasteiger partial charge is 0.516 e. The van der Waals surface area contributed by atoms with E-state index in [0.29, 0.717) is 13.0 Å². The molecule has 0 radical (unpaired) electrons. The second-order valence-corrected chi connectivity index (χ2v) is 6.16. The van der Waals surface area contributed by atoms with Crippen LogP contribution in [0.3, 0.4) is 0 Å². The van der Waals surface area contributed by atoms with E-state index in [0.717, 1.165) is 12.0 Å². The summed E-state index contributed by atoms with van der Waals surface area (Å²) < 4.78 is 9.94. The molecule has 0 bridgehead atoms. The Morgan fingerprint density at radius 3 is 2.38 bits per heavy atom. The van der Waals surface area contributed by atoms with Crippen LogP contribution in [-0.2, 0) is 19.8 Å². The lowest BCUT2D eigenvalue weighted by molar-refractivity contribution is -0.149. The van der Waals surface area contributed by atoms with Crippen LogP contribution in [0, 0.1) is 0 Å². The van der Waals surface area contributed by atoms with Crippen LogP contribution in [0.25, 0.3) is 0 Å². The minimum absolute atomic E-state index is 0.596. The number of carbonyl (C=O) groups is 2. The van der Waals surface area contributed by atoms with Crippen LogP contribution < -0.4 is 5.32 Å². The van der Waals surface area contributed by atoms with Gasteiger partial charge >= 0.3 is 12.1 Å². The number of hydrogen-bond donors (Lipinski definition) is 1. The predicted octanol–water partition coefficient (Wildman–Crippen LogP) is 2.74. The molecule has 21 heavy (non-hydrogen) atoms. The highest BCUT2D eigenvalue weighted by Gasteiger charge is 2.45. The number of nitrogens with one attached hydrogen (secondary N) is 1. The fourth-order valence-corrected chi connectivity index (χ4v) is 2.44. The molecule has 1 fully saturated rings. The van der Waals surface area contributed by atoms with Crippen LogP contribution >= 0.6 is 0 Å². The van der Waals surface area contributed by atoms with Crippen molar-refractivity contribution in [1.82, 2.24) is 5.32 Å². The minimum Gasteiger partial charge on any atom is -0.428 e. The number of benzene rings is 1. The number of rotatable bonds is 2. The number of ether oxygens (including phenoxy) is 2. The average Bonchev–Trinajstić information content (AvgIpc) is 2.88. The van der Waals surface area contributed by atoms with Crippen LogP contribution in [0.1, 0.15) is 39.2 Å². The summed E-state index contributed by atoms with van der Waals surface area (Å²) in [6.45, 7) is 5.87. The van der Waals surface area contributed by atoms with Gasteiger partial charge < -0.3 is 9.47 Å². The van der Waals surface area contributed by atoms with E-state index in [4.69, 9.17) is 9.47 Å². The van der Waals surface area contributed by atoms with Gasteiger partial charge in [0.2, 0.25) is 0 Å². The Bertz CT molecular complexity index is 513. The topological polar surface area (TPSA) is 64.6 Å². The van der Waals surface area contributed by atoms with E-state index in [-0.39, 0.29) is 0 Å². The van der Waals surface area contributed by atoms with Crippen molar-refractivity contribution >= 4 is 12.1 Å². The van der Waals surface area contributed by atoms with Crippen molar-refractivity contribution in [2.45, 2.75) is 44.8 Å². The second kappa shape index (κ2) is 5.85. The Balaban J connectivity index is 2.16. The van der Waals surface area contributed by atoms with Crippen LogP contribution in [0.15, 0.2) is 30.3 Å². The van der Waals surface area contributed by atoms with E-state index < -0.39 is 23.3 Å². The summed E-state index contributed by atoms with van der Waals surface area (Å²) in [5, 5.41) is 3.17. The number of esters is 1. The lowest BCUT2D eigenvalue weighted by atomic mass is 9.88. The van der Waals surface area contributed by atoms with Crippen molar-refractivity contribution in [1.29, 1.82) is 0 Å². The molecule has 1 aliphatic rings. The molecule has 0 saturated carbocycles. The highest BCUT2D eigenvalue weighted by atomic mass is 16.7. The Hall–Kier alpha value is -1.88. The summed E-state index contributed by atoms with van der Waals surface area (Å²) in [5.74, 6) is -0.611. The minimum atomic E-state index is -0.962. The van der Waals surface area contributed by atoms with Gasteiger partial charge in [-0.2, -0.15) is 0 Å². The third-order valence-corrected chi connectivity index (χ3v) is 3.34. The van der Waals surface area contributed by atoms with Crippen LogP contribution in [-0.4, -0.2) is 24.3 Å². The number of hydrogen-bond acceptors (Lipinski definition) is 5. The first-order valence-corrected chi connectivity index (χ1v) is 7.09. The lowest BCUT2D eigenvalue weighted by Crippen LogP contribution is -2.46. The third kappa shape index (κ3) is 3.61. The highest BCUT2D eigenvalue weighted by Crippen LogP contribution is 2.32. The maximum absolute atomic E-state index is 12.5. The van der Waals surface area contributed by atoms with Gasteiger partial charge in [-0.3, -0.25) is 5.32 Å². The van der Waals surface area contributed by atoms with Crippen molar-refractivity contribution < 1.29 is 19.1 Å². The van der Waals surface area contributed by atoms with Gasteiger partial charge in [0.05, 0.1) is 0 Å². The summed E-state index contributed by atoms with van der Waals surface area (Å²) in [6, 6.07) is 9.31. The summed E-state index contributed by atoms with van der Waals surface area (Å²) >= 11 is 0. The molecule has 0 aliphatic carbocycles. The highest BCUT2D eigenvalue weighted by molar-refractivity contribution is 5.90. The van der Waals surface area contributed by atoms with Gasteiger partial charge in [-0.15, -0.1) is 0 Å². The summed E-state index contributed by atoms with van der Waals surface area (Å²) in [4.78, 5) is 24.2. The molecule has 5 heteroatoms. The van der Waals surface area contributed by atoms with Gasteiger partial charge in [-0.05, 0) is 45.7 Å². The van der Waals surface area contributed by atoms with E-state index in [9.17, 15) is 9.59 Å². The zero-order valence-electron chi connectivity index (χ0n) is 12.6. The molecule has 1 heterocycles. The fourth-order valence-electron chi connectivity index (χ4n) is 2.44. The molecule has 1 aliphatic heterocycles. The van der Waals surface area contributed by atoms with E-state index >= 15 is 0 Å². The monoisotopic (exact) mass is 291 g/mol. The molecule has 2 rings (SSSR count). The van der Waals surface area contributed by atoms with E-state index in [1.807, 2.05) is 30.3 Å². The standard InChI is InChI=1S/C16H21NO4/c1-15(2,3)21-14(19)20-13(18)16(10-7-11-17-16)12-8-5-4-6-9-12/h4-6,8-9,17H,7,10-11H2,1-3H3/t16-/m0/s1. The molecule has 0 spiro atoms. The van der Waals surface area contributed by atoms with E-state index in [2.05, 4.69) is 5.32 Å². The lowest BCUT2D eigenvalue weighted by Gasteiger charge is -2.27. The Morgan fingerprint density at radius 1 is 1.19 bits per heavy atom. The average molecular weight is 291 g/mol. The van der Waals surface area contributed by atoms with Crippen molar-refractivity contribution in [2.24, 2.45) is 0 Å². The van der Waals surface area contributed by atoms with Crippen molar-refractivity contribution in [3.63, 3.8) is 0 Å². The van der Waals surface area contributed by atoms with Gasteiger partial charge in [-0.1, -0.05) is 30.3 Å². The van der Waals surface area contributed by atoms with E-state index in [1.54, 1.807) is 20.8 Å². The zero-order valence-corrected chi connectivity index (χ0v) is 12.6. The van der Waals surface area contributed by atoms with Crippen LogP contribution in [0.4, 0.5) is 4.79 Å². The molecule has 1 saturated heterocycles. The molecular weight excluding hydrogens is 270 g/mol. The molecule has 1 atom stereocenters. The molecule has 0 unspecified atom stereocenters. The molecule has 0 amide bonds. The van der Waals surface area contributed by atoms with Crippen LogP contribution in [0.2, 0.25) is 0 Å². The maximum atomic E-state index is 12.5. The van der Waals surface area contributed by atoms with Gasteiger partial charge in [-0.25, -0.2) is 9.59 Å². The first-order chi connectivity index (χ1) is 9.83. The summed E-state index contributed by atoms with van der Waals surface area (Å²) in [6.07, 6.45) is 0.480. The Kier molecular flexibility index (Phi) is 4.32. The molecule has 0 aromatic heterocycles. The Labute approximate surface area is 124 Å². The predicted molar refractivity (Wildman–Crippen MR) is 77.7 cm³/mol. The van der Waals surface area contributed by atoms with Crippen molar-refractivity contribution in [2.75, 3.05) is 6.54 Å². The van der Waals surface area contributed by atoms with Gasteiger partial charge in [0.15, 0.2) is 0 Å². The van der Waals surface area contributed by atoms with Gasteiger partial charge in [0.25, 0.3) is 0 Å². The van der Waals surface area contributed by atoms with Gasteiger partial charge in [0, 0.05) is 0 Å². The maximum Gasteiger partial charge on any atom is 0.516 e. The van der Waals surface area contributed by atoms with E-state index in [1.165, 1.54) is 0 Å². The zero-order chi connectivity index (χ0) is 15.5. The van der Waals surface area contributed by atoms with Gasteiger partial charge in [0.1, 0.15) is 11.1 Å². The Morgan fingerprint density at radius 2 is 1.86 bits per heavy atom. The molecule has 5 nitrogen and oxygen atoms in total. The molecule has 1 aromatic rings. The molecule has 1 aromatic carbocycles. The quantitative estimate of drug-likeness (QED) is 0.670. The summed E-state index contributed by atoms with van der Waals surface area (Å²) in [5.41, 5.74) is -0.852. The molecular formula is C16H21NO4. The second-order valence-electron chi connectivity index (χ2n) is 6.16. The SMILES string of the molecule is CC(C)(C)OC(=O)OC(=O)[C@@]1(c2ccccc2)CCCN1. The van der Waals surface area contributed by atoms with Crippen LogP contribution in [0.5, 0.6) is 0 Å².